The van der Waals surface area contributed by atoms with Gasteiger partial charge in [-0.05, 0) is 0 Å². The second-order valence-electron chi connectivity index (χ2n) is 5.26. The van der Waals surface area contributed by atoms with Crippen molar-refractivity contribution < 1.29 is 5.11 Å². The van der Waals surface area contributed by atoms with Crippen LogP contribution in [0.25, 0.3) is 0 Å². The van der Waals surface area contributed by atoms with Gasteiger partial charge in [0.05, 0.1) is 0 Å². The Balaban J connectivity index is 2.29. The molecular formula is C20H20AsO+. The van der Waals surface area contributed by atoms with Crippen LogP contribution in [0.5, 0.6) is 0 Å². The van der Waals surface area contributed by atoms with E-state index in [1.807, 2.05) is 0 Å². The van der Waals surface area contributed by atoms with Crippen LogP contribution < -0.4 is 13.1 Å². The summed E-state index contributed by atoms with van der Waals surface area (Å²) in [6.07, 6.45) is 0. The van der Waals surface area contributed by atoms with Crippen molar-refractivity contribution in [3.05, 3.63) is 91.0 Å². The summed E-state index contributed by atoms with van der Waals surface area (Å²) in [5, 5.41) is 10.7. The number of aliphatic hydroxyl groups is 1. The first-order valence-corrected chi connectivity index (χ1v) is 11.7. The summed E-state index contributed by atoms with van der Waals surface area (Å²) in [5.41, 5.74) is 0. The van der Waals surface area contributed by atoms with Crippen LogP contribution in [0.2, 0.25) is 5.21 Å². The van der Waals surface area contributed by atoms with Crippen molar-refractivity contribution in [1.82, 2.24) is 0 Å². The fraction of sp³-hybridized carbons (Fsp3) is 0.100. The van der Waals surface area contributed by atoms with Gasteiger partial charge in [-0.2, -0.15) is 0 Å². The summed E-state index contributed by atoms with van der Waals surface area (Å²) >= 11 is -2.61. The van der Waals surface area contributed by atoms with Gasteiger partial charge in [-0.1, -0.05) is 0 Å². The second-order valence-corrected chi connectivity index (χ2v) is 12.9. The monoisotopic (exact) mass is 351 g/mol. The van der Waals surface area contributed by atoms with Crippen LogP contribution >= 0.6 is 0 Å². The SMILES string of the molecule is OCC[As+](c1ccccc1)(c1ccccc1)c1ccccc1. The molecule has 3 aromatic carbocycles. The topological polar surface area (TPSA) is 20.2 Å². The minimum atomic E-state index is -2.61. The van der Waals surface area contributed by atoms with Crippen molar-refractivity contribution in [2.24, 2.45) is 0 Å². The van der Waals surface area contributed by atoms with E-state index in [0.29, 0.717) is 0 Å². The van der Waals surface area contributed by atoms with Crippen LogP contribution in [0.1, 0.15) is 0 Å². The van der Waals surface area contributed by atoms with Crippen LogP contribution in [0.4, 0.5) is 0 Å². The molecule has 2 heteroatoms. The number of aliphatic hydroxyl groups excluding tert-OH is 1. The molecule has 0 saturated carbocycles. The third kappa shape index (κ3) is 2.75. The Morgan fingerprint density at radius 3 is 1.14 bits per heavy atom. The number of hydrogen-bond donors (Lipinski definition) is 1. The quantitative estimate of drug-likeness (QED) is 0.699. The average molecular weight is 351 g/mol. The second kappa shape index (κ2) is 6.96. The normalized spacial score (nSPS) is 11.3. The maximum absolute atomic E-state index is 9.83. The molecule has 0 aliphatic heterocycles. The van der Waals surface area contributed by atoms with Crippen molar-refractivity contribution in [3.63, 3.8) is 0 Å². The molecule has 22 heavy (non-hydrogen) atoms. The zero-order chi connectivity index (χ0) is 15.3. The zero-order valence-corrected chi connectivity index (χ0v) is 14.3. The molecule has 0 saturated heterocycles. The molecule has 0 atom stereocenters. The molecule has 0 fully saturated rings. The van der Waals surface area contributed by atoms with E-state index in [2.05, 4.69) is 91.0 Å². The number of hydrogen-bond acceptors (Lipinski definition) is 1. The molecule has 0 heterocycles. The molecule has 0 spiro atoms. The molecule has 0 unspecified atom stereocenters. The first kappa shape index (κ1) is 15.1. The molecule has 0 radical (unpaired) electrons. The van der Waals surface area contributed by atoms with Crippen molar-refractivity contribution in [2.45, 2.75) is 5.21 Å². The third-order valence-corrected chi connectivity index (χ3v) is 13.3. The van der Waals surface area contributed by atoms with Gasteiger partial charge < -0.3 is 0 Å². The molecule has 1 N–H and O–H groups in total. The number of rotatable bonds is 5. The molecule has 110 valence electrons. The Morgan fingerprint density at radius 2 is 0.864 bits per heavy atom. The molecule has 3 rings (SSSR count). The molecule has 0 amide bonds. The van der Waals surface area contributed by atoms with E-state index in [1.165, 1.54) is 13.1 Å². The Kier molecular flexibility index (Phi) is 4.77. The van der Waals surface area contributed by atoms with E-state index in [4.69, 9.17) is 0 Å². The Morgan fingerprint density at radius 1 is 0.545 bits per heavy atom. The van der Waals surface area contributed by atoms with Crippen LogP contribution in [0.15, 0.2) is 91.0 Å². The molecule has 0 aliphatic carbocycles. The van der Waals surface area contributed by atoms with E-state index in [9.17, 15) is 5.11 Å². The molecule has 0 aromatic heterocycles. The van der Waals surface area contributed by atoms with Crippen molar-refractivity contribution >= 4 is 26.6 Å². The molecular weight excluding hydrogens is 331 g/mol. The van der Waals surface area contributed by atoms with Gasteiger partial charge in [0.25, 0.3) is 0 Å². The van der Waals surface area contributed by atoms with E-state index in [-0.39, 0.29) is 6.61 Å². The fourth-order valence-electron chi connectivity index (χ4n) is 3.03. The van der Waals surface area contributed by atoms with Gasteiger partial charge in [-0.3, -0.25) is 0 Å². The van der Waals surface area contributed by atoms with Crippen molar-refractivity contribution in [1.29, 1.82) is 0 Å². The van der Waals surface area contributed by atoms with Gasteiger partial charge in [0.1, 0.15) is 0 Å². The molecule has 1 nitrogen and oxygen atoms in total. The maximum atomic E-state index is 9.83. The van der Waals surface area contributed by atoms with Gasteiger partial charge in [-0.15, -0.1) is 0 Å². The number of benzene rings is 3. The van der Waals surface area contributed by atoms with Crippen molar-refractivity contribution in [2.75, 3.05) is 6.61 Å². The predicted molar refractivity (Wildman–Crippen MR) is 95.9 cm³/mol. The Bertz CT molecular complexity index is 599. The summed E-state index contributed by atoms with van der Waals surface area (Å²) in [6, 6.07) is 32.2. The van der Waals surface area contributed by atoms with Gasteiger partial charge in [0, 0.05) is 0 Å². The summed E-state index contributed by atoms with van der Waals surface area (Å²) in [5.74, 6) is 0. The van der Waals surface area contributed by atoms with E-state index < -0.39 is 13.6 Å². The van der Waals surface area contributed by atoms with Gasteiger partial charge in [0.2, 0.25) is 0 Å². The summed E-state index contributed by atoms with van der Waals surface area (Å²) in [4.78, 5) is 0. The van der Waals surface area contributed by atoms with Crippen LogP contribution in [-0.4, -0.2) is 25.3 Å². The van der Waals surface area contributed by atoms with E-state index in [1.54, 1.807) is 0 Å². The van der Waals surface area contributed by atoms with Crippen LogP contribution in [0.3, 0.4) is 0 Å². The summed E-state index contributed by atoms with van der Waals surface area (Å²) in [7, 11) is 0. The fourth-order valence-corrected chi connectivity index (χ4v) is 11.5. The van der Waals surface area contributed by atoms with Crippen LogP contribution in [-0.2, 0) is 0 Å². The first-order valence-electron chi connectivity index (χ1n) is 7.54. The first-order chi connectivity index (χ1) is 10.9. The third-order valence-electron chi connectivity index (χ3n) is 4.03. The molecule has 0 aliphatic rings. The van der Waals surface area contributed by atoms with Gasteiger partial charge in [0.15, 0.2) is 0 Å². The average Bonchev–Trinajstić information content (AvgIpc) is 2.62. The summed E-state index contributed by atoms with van der Waals surface area (Å²) in [6.45, 7) is 0.214. The van der Waals surface area contributed by atoms with Gasteiger partial charge >= 0.3 is 135 Å². The van der Waals surface area contributed by atoms with Gasteiger partial charge in [-0.25, -0.2) is 0 Å². The molecule has 3 aromatic rings. The Hall–Kier alpha value is -1.82. The predicted octanol–water partition coefficient (Wildman–Crippen LogP) is 2.15. The summed E-state index contributed by atoms with van der Waals surface area (Å²) < 4.78 is 4.14. The zero-order valence-electron chi connectivity index (χ0n) is 12.5. The standard InChI is InChI=1S/C20H20AsO/c22-17-16-21(18-10-4-1-5-11-18,19-12-6-2-7-13-19)20-14-8-3-9-15-20/h1-15,22H,16-17H2/q+1. The van der Waals surface area contributed by atoms with Crippen LogP contribution in [0, 0.1) is 0 Å². The minimum absolute atomic E-state index is 0.214. The molecule has 0 bridgehead atoms. The van der Waals surface area contributed by atoms with Crippen molar-refractivity contribution in [3.8, 4) is 0 Å². The van der Waals surface area contributed by atoms with E-state index in [0.717, 1.165) is 5.21 Å². The van der Waals surface area contributed by atoms with E-state index >= 15 is 0 Å². The Labute approximate surface area is 134 Å².